The van der Waals surface area contributed by atoms with Crippen molar-refractivity contribution >= 4 is 0 Å². The van der Waals surface area contributed by atoms with Gasteiger partial charge in [0.2, 0.25) is 0 Å². The number of benzene rings is 1. The predicted molar refractivity (Wildman–Crippen MR) is 78.4 cm³/mol. The van der Waals surface area contributed by atoms with E-state index in [0.717, 1.165) is 24.6 Å². The number of hydrogen-bond donors (Lipinski definition) is 1. The molecule has 1 N–H and O–H groups in total. The Bertz CT molecular complexity index is 528. The zero-order valence-corrected chi connectivity index (χ0v) is 12.1. The highest BCUT2D eigenvalue weighted by Crippen LogP contribution is 2.30. The second-order valence-corrected chi connectivity index (χ2v) is 5.05. The molecule has 1 aromatic heterocycles. The van der Waals surface area contributed by atoms with Gasteiger partial charge in [0.05, 0.1) is 18.2 Å². The Morgan fingerprint density at radius 2 is 2.05 bits per heavy atom. The van der Waals surface area contributed by atoms with Crippen LogP contribution in [0, 0.1) is 0 Å². The minimum Gasteiger partial charge on any atom is -0.488 e. The zero-order valence-electron chi connectivity index (χ0n) is 12.1. The van der Waals surface area contributed by atoms with E-state index in [9.17, 15) is 0 Å². The summed E-state index contributed by atoms with van der Waals surface area (Å²) in [6.07, 6.45) is 3.18. The maximum atomic E-state index is 6.14. The fourth-order valence-corrected chi connectivity index (χ4v) is 2.78. The molecule has 0 saturated carbocycles. The van der Waals surface area contributed by atoms with Crippen LogP contribution < -0.4 is 10.1 Å². The van der Waals surface area contributed by atoms with Crippen LogP contribution in [0.25, 0.3) is 0 Å². The molecule has 112 valence electrons. The highest BCUT2D eigenvalue weighted by atomic mass is 16.5. The van der Waals surface area contributed by atoms with Gasteiger partial charge in [-0.25, -0.2) is 4.98 Å². The van der Waals surface area contributed by atoms with Gasteiger partial charge in [-0.1, -0.05) is 18.2 Å². The van der Waals surface area contributed by atoms with E-state index in [-0.39, 0.29) is 18.1 Å². The fraction of sp³-hybridized carbons (Fsp3) is 0.438. The van der Waals surface area contributed by atoms with E-state index in [1.54, 1.807) is 6.20 Å². The first-order valence-corrected chi connectivity index (χ1v) is 7.31. The molecule has 0 radical (unpaired) electrons. The van der Waals surface area contributed by atoms with Crippen LogP contribution in [-0.2, 0) is 4.74 Å². The molecular formula is C16H20N2O3. The number of aromatic nitrogens is 1. The number of para-hydroxylation sites is 1. The van der Waals surface area contributed by atoms with Crippen LogP contribution in [-0.4, -0.2) is 36.9 Å². The van der Waals surface area contributed by atoms with E-state index in [1.165, 1.54) is 6.39 Å². The number of oxazole rings is 1. The van der Waals surface area contributed by atoms with Gasteiger partial charge in [0.15, 0.2) is 6.39 Å². The van der Waals surface area contributed by atoms with Crippen molar-refractivity contribution < 1.29 is 13.9 Å². The molecule has 0 amide bonds. The molecule has 3 atom stereocenters. The molecule has 0 bridgehead atoms. The molecule has 1 aliphatic heterocycles. The molecule has 5 nitrogen and oxygen atoms in total. The standard InChI is InChI=1S/C16H20N2O3/c1-2-19-13-8-17-10-15(16(13)14-9-18-11-20-14)21-12-6-4-3-5-7-12/h3-7,9,11,13,15-17H,2,8,10H2,1H3/t13-,15-,16+/m1/s1. The first kappa shape index (κ1) is 14.1. The topological polar surface area (TPSA) is 56.5 Å². The van der Waals surface area contributed by atoms with Crippen molar-refractivity contribution in [2.45, 2.75) is 25.0 Å². The summed E-state index contributed by atoms with van der Waals surface area (Å²) in [5, 5.41) is 3.37. The number of rotatable bonds is 5. The van der Waals surface area contributed by atoms with Crippen molar-refractivity contribution in [3.05, 3.63) is 48.7 Å². The van der Waals surface area contributed by atoms with Gasteiger partial charge in [0, 0.05) is 19.7 Å². The Kier molecular flexibility index (Phi) is 4.52. The lowest BCUT2D eigenvalue weighted by Crippen LogP contribution is -2.51. The van der Waals surface area contributed by atoms with Crippen molar-refractivity contribution in [3.63, 3.8) is 0 Å². The molecule has 0 spiro atoms. The number of nitrogens with zero attached hydrogens (tertiary/aromatic N) is 1. The second-order valence-electron chi connectivity index (χ2n) is 5.05. The van der Waals surface area contributed by atoms with Crippen LogP contribution in [0.4, 0.5) is 0 Å². The summed E-state index contributed by atoms with van der Waals surface area (Å²) in [5.74, 6) is 1.70. The van der Waals surface area contributed by atoms with Crippen molar-refractivity contribution in [3.8, 4) is 5.75 Å². The van der Waals surface area contributed by atoms with Gasteiger partial charge in [-0.05, 0) is 19.1 Å². The Morgan fingerprint density at radius 3 is 2.76 bits per heavy atom. The van der Waals surface area contributed by atoms with Gasteiger partial charge >= 0.3 is 0 Å². The fourth-order valence-electron chi connectivity index (χ4n) is 2.78. The van der Waals surface area contributed by atoms with Crippen LogP contribution in [0.5, 0.6) is 5.75 Å². The maximum absolute atomic E-state index is 6.14. The highest BCUT2D eigenvalue weighted by molar-refractivity contribution is 5.22. The van der Waals surface area contributed by atoms with Crippen molar-refractivity contribution in [1.29, 1.82) is 0 Å². The lowest BCUT2D eigenvalue weighted by atomic mass is 9.90. The summed E-state index contributed by atoms with van der Waals surface area (Å²) < 4.78 is 17.5. The Hall–Kier alpha value is -1.85. The Labute approximate surface area is 124 Å². The number of nitrogens with one attached hydrogen (secondary N) is 1. The van der Waals surface area contributed by atoms with E-state index in [2.05, 4.69) is 10.3 Å². The van der Waals surface area contributed by atoms with E-state index in [1.807, 2.05) is 37.3 Å². The summed E-state index contributed by atoms with van der Waals surface area (Å²) in [6, 6.07) is 9.83. The molecule has 2 aromatic rings. The van der Waals surface area contributed by atoms with Crippen LogP contribution >= 0.6 is 0 Å². The molecule has 1 fully saturated rings. The van der Waals surface area contributed by atoms with Crippen molar-refractivity contribution in [1.82, 2.24) is 10.3 Å². The average Bonchev–Trinajstić information content (AvgIpc) is 3.03. The molecule has 3 rings (SSSR count). The summed E-state index contributed by atoms with van der Waals surface area (Å²) in [4.78, 5) is 4.04. The van der Waals surface area contributed by atoms with Crippen LogP contribution in [0.2, 0.25) is 0 Å². The molecule has 1 aliphatic rings. The molecule has 1 saturated heterocycles. The maximum Gasteiger partial charge on any atom is 0.180 e. The zero-order chi connectivity index (χ0) is 14.5. The minimum absolute atomic E-state index is 0.0189. The molecule has 1 aromatic carbocycles. The molecule has 0 unspecified atom stereocenters. The van der Waals surface area contributed by atoms with E-state index in [4.69, 9.17) is 13.9 Å². The quantitative estimate of drug-likeness (QED) is 0.914. The smallest absolute Gasteiger partial charge is 0.180 e. The molecular weight excluding hydrogens is 268 g/mol. The lowest BCUT2D eigenvalue weighted by molar-refractivity contribution is -0.0182. The average molecular weight is 288 g/mol. The van der Waals surface area contributed by atoms with Crippen LogP contribution in [0.3, 0.4) is 0 Å². The Morgan fingerprint density at radius 1 is 1.24 bits per heavy atom. The SMILES string of the molecule is CCO[C@@H]1CNC[C@@H](Oc2ccccc2)[C@@H]1c1cnco1. The second kappa shape index (κ2) is 6.74. The third-order valence-corrected chi connectivity index (χ3v) is 3.68. The number of hydrogen-bond acceptors (Lipinski definition) is 5. The molecule has 0 aliphatic carbocycles. The van der Waals surface area contributed by atoms with E-state index in [0.29, 0.717) is 6.61 Å². The van der Waals surface area contributed by atoms with E-state index < -0.39 is 0 Å². The summed E-state index contributed by atoms with van der Waals surface area (Å²) in [6.45, 7) is 4.20. The van der Waals surface area contributed by atoms with Gasteiger partial charge in [-0.15, -0.1) is 0 Å². The molecule has 21 heavy (non-hydrogen) atoms. The normalized spacial score (nSPS) is 25.7. The van der Waals surface area contributed by atoms with Gasteiger partial charge in [0.1, 0.15) is 17.6 Å². The minimum atomic E-state index is -0.0503. The van der Waals surface area contributed by atoms with Crippen LogP contribution in [0.1, 0.15) is 18.6 Å². The first-order chi connectivity index (χ1) is 10.4. The van der Waals surface area contributed by atoms with Gasteiger partial charge in [-0.3, -0.25) is 0 Å². The van der Waals surface area contributed by atoms with Gasteiger partial charge in [-0.2, -0.15) is 0 Å². The molecule has 5 heteroatoms. The highest BCUT2D eigenvalue weighted by Gasteiger charge is 2.38. The van der Waals surface area contributed by atoms with Crippen molar-refractivity contribution in [2.24, 2.45) is 0 Å². The third-order valence-electron chi connectivity index (χ3n) is 3.68. The summed E-state index contributed by atoms with van der Waals surface area (Å²) in [7, 11) is 0. The predicted octanol–water partition coefficient (Wildman–Crippen LogP) is 2.21. The summed E-state index contributed by atoms with van der Waals surface area (Å²) in [5.41, 5.74) is 0. The summed E-state index contributed by atoms with van der Waals surface area (Å²) >= 11 is 0. The monoisotopic (exact) mass is 288 g/mol. The van der Waals surface area contributed by atoms with E-state index >= 15 is 0 Å². The number of piperidine rings is 1. The Balaban J connectivity index is 1.82. The molecule has 2 heterocycles. The van der Waals surface area contributed by atoms with Gasteiger partial charge in [0.25, 0.3) is 0 Å². The first-order valence-electron chi connectivity index (χ1n) is 7.31. The van der Waals surface area contributed by atoms with Crippen molar-refractivity contribution in [2.75, 3.05) is 19.7 Å². The largest absolute Gasteiger partial charge is 0.488 e. The number of ether oxygens (including phenoxy) is 2. The van der Waals surface area contributed by atoms with Crippen LogP contribution in [0.15, 0.2) is 47.3 Å². The third kappa shape index (κ3) is 3.25. The lowest BCUT2D eigenvalue weighted by Gasteiger charge is -2.37. The van der Waals surface area contributed by atoms with Gasteiger partial charge < -0.3 is 19.2 Å².